The highest BCUT2D eigenvalue weighted by molar-refractivity contribution is 7.92. The van der Waals surface area contributed by atoms with E-state index in [1.54, 1.807) is 53.4 Å². The van der Waals surface area contributed by atoms with Gasteiger partial charge >= 0.3 is 0 Å². The highest BCUT2D eigenvalue weighted by atomic mass is 32.2. The van der Waals surface area contributed by atoms with E-state index in [-0.39, 0.29) is 23.4 Å². The molecule has 8 nitrogen and oxygen atoms in total. The fraction of sp³-hybridized carbons (Fsp3) is 0.412. The second-order valence-corrected chi connectivity index (χ2v) is 13.0. The number of carbonyl (C=O) groups excluding carboxylic acids is 2. The third kappa shape index (κ3) is 8.38. The van der Waals surface area contributed by atoms with Gasteiger partial charge in [0.15, 0.2) is 0 Å². The predicted molar refractivity (Wildman–Crippen MR) is 170 cm³/mol. The van der Waals surface area contributed by atoms with Crippen molar-refractivity contribution in [1.82, 2.24) is 10.2 Å². The topological polar surface area (TPSA) is 96.0 Å². The van der Waals surface area contributed by atoms with Gasteiger partial charge < -0.3 is 15.0 Å². The maximum absolute atomic E-state index is 14.2. The van der Waals surface area contributed by atoms with E-state index in [4.69, 9.17) is 4.74 Å². The Bertz CT molecular complexity index is 1440. The average Bonchev–Trinajstić information content (AvgIpc) is 3.03. The summed E-state index contributed by atoms with van der Waals surface area (Å²) in [6, 6.07) is 22.3. The third-order valence-corrected chi connectivity index (χ3v) is 9.86. The first-order valence-electron chi connectivity index (χ1n) is 15.1. The molecule has 1 N–H and O–H groups in total. The number of hydrogen-bond acceptors (Lipinski definition) is 5. The second-order valence-electron chi connectivity index (χ2n) is 11.1. The van der Waals surface area contributed by atoms with Crippen LogP contribution in [0.2, 0.25) is 0 Å². The van der Waals surface area contributed by atoms with Crippen LogP contribution in [0.4, 0.5) is 5.69 Å². The van der Waals surface area contributed by atoms with Crippen LogP contribution in [-0.2, 0) is 26.0 Å². The van der Waals surface area contributed by atoms with E-state index in [9.17, 15) is 18.0 Å². The first-order chi connectivity index (χ1) is 20.7. The molecule has 1 fully saturated rings. The Morgan fingerprint density at radius 2 is 1.58 bits per heavy atom. The number of amides is 2. The van der Waals surface area contributed by atoms with Gasteiger partial charge in [-0.3, -0.25) is 13.9 Å². The van der Waals surface area contributed by atoms with Crippen molar-refractivity contribution in [3.05, 3.63) is 90.0 Å². The normalized spacial score (nSPS) is 14.5. The lowest BCUT2D eigenvalue weighted by Crippen LogP contribution is -2.54. The van der Waals surface area contributed by atoms with Gasteiger partial charge in [-0.25, -0.2) is 8.42 Å². The maximum Gasteiger partial charge on any atom is 0.264 e. The molecule has 1 saturated carbocycles. The summed E-state index contributed by atoms with van der Waals surface area (Å²) in [5, 5.41) is 3.18. The van der Waals surface area contributed by atoms with Crippen molar-refractivity contribution in [3.63, 3.8) is 0 Å². The smallest absolute Gasteiger partial charge is 0.264 e. The fourth-order valence-corrected chi connectivity index (χ4v) is 6.97. The summed E-state index contributed by atoms with van der Waals surface area (Å²) >= 11 is 0. The summed E-state index contributed by atoms with van der Waals surface area (Å²) in [5.74, 6) is -0.0565. The molecule has 0 aromatic heterocycles. The Morgan fingerprint density at radius 3 is 2.19 bits per heavy atom. The second kappa shape index (κ2) is 15.0. The zero-order chi connectivity index (χ0) is 30.8. The number of sulfonamides is 1. The molecule has 1 aliphatic carbocycles. The molecule has 43 heavy (non-hydrogen) atoms. The minimum atomic E-state index is -4.12. The van der Waals surface area contributed by atoms with Crippen molar-refractivity contribution in [3.8, 4) is 5.75 Å². The number of nitrogens with zero attached hydrogens (tertiary/aromatic N) is 2. The van der Waals surface area contributed by atoms with Gasteiger partial charge in [-0.2, -0.15) is 0 Å². The standard InChI is InChI=1S/C34H43N3O5S/c1-4-32(34(39)35-28-13-9-6-10-14-28)36(24-23-27-11-7-5-8-12-27)33(38)25-37(29-17-19-30(42-3)20-18-29)43(40,41)31-21-15-26(2)16-22-31/h5,7-8,11-12,15-22,28,32H,4,6,9-10,13-14,23-25H2,1-3H3,(H,35,39)/t32-/m1/s1. The molecule has 0 bridgehead atoms. The molecule has 2 amide bonds. The average molecular weight is 606 g/mol. The monoisotopic (exact) mass is 605 g/mol. The molecule has 0 radical (unpaired) electrons. The van der Waals surface area contributed by atoms with Crippen LogP contribution in [0.3, 0.4) is 0 Å². The van der Waals surface area contributed by atoms with E-state index in [2.05, 4.69) is 5.32 Å². The van der Waals surface area contributed by atoms with Crippen LogP contribution in [0, 0.1) is 6.92 Å². The summed E-state index contributed by atoms with van der Waals surface area (Å²) in [4.78, 5) is 29.5. The molecule has 0 saturated heterocycles. The number of methoxy groups -OCH3 is 1. The fourth-order valence-electron chi connectivity index (χ4n) is 5.55. The Labute approximate surface area is 256 Å². The van der Waals surface area contributed by atoms with Crippen LogP contribution in [0.25, 0.3) is 0 Å². The highest BCUT2D eigenvalue weighted by Gasteiger charge is 2.34. The number of carbonyl (C=O) groups is 2. The first kappa shape index (κ1) is 32.1. The maximum atomic E-state index is 14.2. The Kier molecular flexibility index (Phi) is 11.2. The predicted octanol–water partition coefficient (Wildman–Crippen LogP) is 5.50. The van der Waals surface area contributed by atoms with Crippen LogP contribution in [0.1, 0.15) is 56.6 Å². The highest BCUT2D eigenvalue weighted by Crippen LogP contribution is 2.27. The molecule has 4 rings (SSSR count). The zero-order valence-electron chi connectivity index (χ0n) is 25.4. The van der Waals surface area contributed by atoms with Gasteiger partial charge in [0.1, 0.15) is 18.3 Å². The molecule has 3 aromatic rings. The Balaban J connectivity index is 1.67. The molecule has 9 heteroatoms. The third-order valence-electron chi connectivity index (χ3n) is 8.07. The Hall–Kier alpha value is -3.85. The van der Waals surface area contributed by atoms with Crippen molar-refractivity contribution in [2.24, 2.45) is 0 Å². The number of anilines is 1. The number of aryl methyl sites for hydroxylation is 1. The van der Waals surface area contributed by atoms with Crippen molar-refractivity contribution in [2.75, 3.05) is 24.5 Å². The van der Waals surface area contributed by atoms with Gasteiger partial charge in [0.05, 0.1) is 17.7 Å². The number of benzene rings is 3. The van der Waals surface area contributed by atoms with Crippen molar-refractivity contribution in [1.29, 1.82) is 0 Å². The van der Waals surface area contributed by atoms with Gasteiger partial charge in [-0.1, -0.05) is 74.2 Å². The molecular weight excluding hydrogens is 562 g/mol. The number of ether oxygens (including phenoxy) is 1. The number of rotatable bonds is 13. The minimum absolute atomic E-state index is 0.0830. The molecular formula is C34H43N3O5S. The summed E-state index contributed by atoms with van der Waals surface area (Å²) in [6.07, 6.45) is 6.12. The van der Waals surface area contributed by atoms with Crippen molar-refractivity contribution < 1.29 is 22.7 Å². The molecule has 0 aliphatic heterocycles. The van der Waals surface area contributed by atoms with Crippen molar-refractivity contribution >= 4 is 27.5 Å². The molecule has 1 aliphatic rings. The molecule has 0 unspecified atom stereocenters. The zero-order valence-corrected chi connectivity index (χ0v) is 26.2. The van der Waals surface area contributed by atoms with Gasteiger partial charge in [-0.15, -0.1) is 0 Å². The minimum Gasteiger partial charge on any atom is -0.497 e. The first-order valence-corrected chi connectivity index (χ1v) is 16.5. The quantitative estimate of drug-likeness (QED) is 0.278. The lowest BCUT2D eigenvalue weighted by Gasteiger charge is -2.34. The number of hydrogen-bond donors (Lipinski definition) is 1. The van der Waals surface area contributed by atoms with E-state index in [1.807, 2.05) is 44.2 Å². The van der Waals surface area contributed by atoms with E-state index in [1.165, 1.54) is 13.5 Å². The summed E-state index contributed by atoms with van der Waals surface area (Å²) in [5.41, 5.74) is 2.28. The van der Waals surface area contributed by atoms with Crippen LogP contribution in [0.15, 0.2) is 83.8 Å². The van der Waals surface area contributed by atoms with Gasteiger partial charge in [-0.05, 0) is 74.6 Å². The van der Waals surface area contributed by atoms with E-state index in [0.717, 1.165) is 41.1 Å². The SMILES string of the molecule is CC[C@H](C(=O)NC1CCCCC1)N(CCc1ccccc1)C(=O)CN(c1ccc(OC)cc1)S(=O)(=O)c1ccc(C)cc1. The van der Waals surface area contributed by atoms with Crippen LogP contribution in [-0.4, -0.2) is 57.4 Å². The van der Waals surface area contributed by atoms with E-state index in [0.29, 0.717) is 24.3 Å². The molecule has 0 spiro atoms. The number of nitrogens with one attached hydrogen (secondary N) is 1. The summed E-state index contributed by atoms with van der Waals surface area (Å²) in [6.45, 7) is 3.60. The van der Waals surface area contributed by atoms with Gasteiger partial charge in [0, 0.05) is 12.6 Å². The van der Waals surface area contributed by atoms with Gasteiger partial charge in [0.25, 0.3) is 10.0 Å². The molecule has 0 heterocycles. The van der Waals surface area contributed by atoms with Crippen molar-refractivity contribution in [2.45, 2.75) is 75.8 Å². The van der Waals surface area contributed by atoms with Crippen LogP contribution >= 0.6 is 0 Å². The van der Waals surface area contributed by atoms with E-state index >= 15 is 0 Å². The molecule has 1 atom stereocenters. The van der Waals surface area contributed by atoms with Crippen LogP contribution < -0.4 is 14.4 Å². The molecule has 3 aromatic carbocycles. The largest absolute Gasteiger partial charge is 0.497 e. The lowest BCUT2D eigenvalue weighted by atomic mass is 9.95. The summed E-state index contributed by atoms with van der Waals surface area (Å²) < 4.78 is 34.4. The van der Waals surface area contributed by atoms with E-state index < -0.39 is 28.5 Å². The summed E-state index contributed by atoms with van der Waals surface area (Å²) in [7, 11) is -2.58. The lowest BCUT2D eigenvalue weighted by molar-refractivity contribution is -0.140. The Morgan fingerprint density at radius 1 is 0.930 bits per heavy atom. The molecule has 230 valence electrons. The van der Waals surface area contributed by atoms with Crippen LogP contribution in [0.5, 0.6) is 5.75 Å². The van der Waals surface area contributed by atoms with Gasteiger partial charge in [0.2, 0.25) is 11.8 Å².